The number of anilines is 4. The molecule has 1 aliphatic heterocycles. The number of nitrogens with one attached hydrogen (secondary N) is 1. The lowest BCUT2D eigenvalue weighted by molar-refractivity contribution is 0.174. The van der Waals surface area contributed by atoms with E-state index in [0.29, 0.717) is 17.2 Å². The van der Waals surface area contributed by atoms with Crippen molar-refractivity contribution in [3.05, 3.63) is 18.2 Å². The van der Waals surface area contributed by atoms with Gasteiger partial charge in [-0.1, -0.05) is 6.07 Å². The van der Waals surface area contributed by atoms with Crippen LogP contribution in [0.1, 0.15) is 0 Å². The normalized spacial score (nSPS) is 12.4. The lowest BCUT2D eigenvalue weighted by Crippen LogP contribution is -2.06. The maximum absolute atomic E-state index is 5.49. The minimum absolute atomic E-state index is 0.0507. The van der Waals surface area contributed by atoms with Gasteiger partial charge in [-0.05, 0) is 12.1 Å². The van der Waals surface area contributed by atoms with Crippen LogP contribution in [-0.2, 0) is 0 Å². The molecule has 5 N–H and O–H groups in total. The average Bonchev–Trinajstić information content (AvgIpc) is 2.76. The molecule has 0 fully saturated rings. The molecule has 0 spiro atoms. The molecule has 0 aliphatic carbocycles. The Bertz CT molecular complexity index is 583. The van der Waals surface area contributed by atoms with Crippen LogP contribution in [0.4, 0.5) is 23.5 Å². The zero-order valence-electron chi connectivity index (χ0n) is 9.25. The highest BCUT2D eigenvalue weighted by atomic mass is 16.7. The number of ether oxygens (including phenoxy) is 2. The third-order valence-electron chi connectivity index (χ3n) is 2.31. The van der Waals surface area contributed by atoms with Gasteiger partial charge in [0.05, 0.1) is 5.69 Å². The van der Waals surface area contributed by atoms with E-state index in [2.05, 4.69) is 20.3 Å². The Kier molecular flexibility index (Phi) is 2.26. The number of hydrogen-bond donors (Lipinski definition) is 3. The summed E-state index contributed by atoms with van der Waals surface area (Å²) in [6, 6.07) is 5.44. The van der Waals surface area contributed by atoms with Crippen molar-refractivity contribution in [1.29, 1.82) is 0 Å². The summed E-state index contributed by atoms with van der Waals surface area (Å²) >= 11 is 0. The summed E-state index contributed by atoms with van der Waals surface area (Å²) in [5.74, 6) is 1.62. The summed E-state index contributed by atoms with van der Waals surface area (Å²) < 4.78 is 10.6. The van der Waals surface area contributed by atoms with Crippen LogP contribution in [0.5, 0.6) is 11.5 Å². The number of rotatable bonds is 2. The van der Waals surface area contributed by atoms with Crippen LogP contribution in [-0.4, -0.2) is 21.7 Å². The smallest absolute Gasteiger partial charge is 0.233 e. The molecule has 0 radical (unpaired) electrons. The van der Waals surface area contributed by atoms with Crippen LogP contribution in [0.25, 0.3) is 0 Å². The van der Waals surface area contributed by atoms with E-state index in [-0.39, 0.29) is 24.6 Å². The fraction of sp³-hybridized carbons (Fsp3) is 0.100. The second-order valence-corrected chi connectivity index (χ2v) is 3.54. The number of nitrogen functional groups attached to an aromatic ring is 2. The van der Waals surface area contributed by atoms with Crippen LogP contribution in [0.3, 0.4) is 0 Å². The topological polar surface area (TPSA) is 121 Å². The van der Waals surface area contributed by atoms with E-state index in [0.717, 1.165) is 0 Å². The maximum Gasteiger partial charge on any atom is 0.233 e. The van der Waals surface area contributed by atoms with Crippen molar-refractivity contribution < 1.29 is 9.47 Å². The van der Waals surface area contributed by atoms with Crippen molar-refractivity contribution in [2.75, 3.05) is 23.6 Å². The van der Waals surface area contributed by atoms with Crippen LogP contribution in [0.2, 0.25) is 0 Å². The summed E-state index contributed by atoms with van der Waals surface area (Å²) in [6.45, 7) is 0.190. The first kappa shape index (κ1) is 10.4. The van der Waals surface area contributed by atoms with E-state index in [1.165, 1.54) is 0 Å². The second kappa shape index (κ2) is 3.91. The zero-order valence-corrected chi connectivity index (χ0v) is 9.25. The molecule has 8 heteroatoms. The number of fused-ring (bicyclic) bond motifs is 1. The Hall–Kier alpha value is -2.77. The fourth-order valence-corrected chi connectivity index (χ4v) is 1.61. The summed E-state index contributed by atoms with van der Waals surface area (Å²) in [6.07, 6.45) is 0. The molecule has 1 aromatic heterocycles. The van der Waals surface area contributed by atoms with E-state index in [1.807, 2.05) is 18.2 Å². The van der Waals surface area contributed by atoms with Crippen molar-refractivity contribution in [2.24, 2.45) is 0 Å². The van der Waals surface area contributed by atoms with E-state index < -0.39 is 0 Å². The van der Waals surface area contributed by atoms with Gasteiger partial charge < -0.3 is 26.3 Å². The number of para-hydroxylation sites is 1. The summed E-state index contributed by atoms with van der Waals surface area (Å²) in [5.41, 5.74) is 11.7. The molecule has 1 aromatic carbocycles. The number of nitrogens with two attached hydrogens (primary N) is 2. The monoisotopic (exact) mass is 246 g/mol. The van der Waals surface area contributed by atoms with E-state index in [9.17, 15) is 0 Å². The van der Waals surface area contributed by atoms with Gasteiger partial charge in [-0.2, -0.15) is 15.0 Å². The molecule has 1 aliphatic rings. The van der Waals surface area contributed by atoms with Gasteiger partial charge in [0.15, 0.2) is 11.5 Å². The molecular weight excluding hydrogens is 236 g/mol. The molecule has 2 heterocycles. The second-order valence-electron chi connectivity index (χ2n) is 3.54. The Labute approximate surface area is 102 Å². The molecule has 3 rings (SSSR count). The van der Waals surface area contributed by atoms with E-state index in [1.54, 1.807) is 0 Å². The van der Waals surface area contributed by atoms with Gasteiger partial charge >= 0.3 is 0 Å². The van der Waals surface area contributed by atoms with Crippen molar-refractivity contribution in [2.45, 2.75) is 0 Å². The van der Waals surface area contributed by atoms with Crippen molar-refractivity contribution in [3.8, 4) is 11.5 Å². The summed E-state index contributed by atoms with van der Waals surface area (Å²) in [5, 5.41) is 2.96. The number of aromatic nitrogens is 3. The van der Waals surface area contributed by atoms with Crippen LogP contribution >= 0.6 is 0 Å². The molecule has 0 unspecified atom stereocenters. The Balaban J connectivity index is 1.95. The first-order chi connectivity index (χ1) is 8.72. The van der Waals surface area contributed by atoms with Gasteiger partial charge in [-0.15, -0.1) is 0 Å². The first-order valence-corrected chi connectivity index (χ1v) is 5.15. The molecule has 0 atom stereocenters. The third kappa shape index (κ3) is 1.79. The molecule has 8 nitrogen and oxygen atoms in total. The van der Waals surface area contributed by atoms with E-state index >= 15 is 0 Å². The quantitative estimate of drug-likeness (QED) is 0.700. The molecule has 0 bridgehead atoms. The van der Waals surface area contributed by atoms with Crippen molar-refractivity contribution in [3.63, 3.8) is 0 Å². The molecule has 92 valence electrons. The fourth-order valence-electron chi connectivity index (χ4n) is 1.61. The van der Waals surface area contributed by atoms with Gasteiger partial charge in [0, 0.05) is 0 Å². The Morgan fingerprint density at radius 3 is 2.61 bits per heavy atom. The largest absolute Gasteiger partial charge is 0.454 e. The standard InChI is InChI=1S/C10H10N6O2/c11-8-14-9(12)16-10(15-8)13-5-2-1-3-6-7(5)18-4-17-6/h1-3H,4H2,(H5,11,12,13,14,15,16). The molecule has 18 heavy (non-hydrogen) atoms. The number of benzene rings is 1. The van der Waals surface area contributed by atoms with Gasteiger partial charge in [-0.3, -0.25) is 0 Å². The lowest BCUT2D eigenvalue weighted by atomic mass is 10.3. The molecule has 0 saturated carbocycles. The minimum Gasteiger partial charge on any atom is -0.454 e. The molecule has 0 amide bonds. The van der Waals surface area contributed by atoms with Crippen LogP contribution in [0.15, 0.2) is 18.2 Å². The Morgan fingerprint density at radius 2 is 1.83 bits per heavy atom. The van der Waals surface area contributed by atoms with Gasteiger partial charge in [0.2, 0.25) is 24.6 Å². The van der Waals surface area contributed by atoms with Gasteiger partial charge in [0.1, 0.15) is 0 Å². The summed E-state index contributed by atoms with van der Waals surface area (Å²) in [7, 11) is 0. The zero-order chi connectivity index (χ0) is 12.5. The summed E-state index contributed by atoms with van der Waals surface area (Å²) in [4.78, 5) is 11.5. The first-order valence-electron chi connectivity index (χ1n) is 5.15. The van der Waals surface area contributed by atoms with Crippen molar-refractivity contribution in [1.82, 2.24) is 15.0 Å². The highest BCUT2D eigenvalue weighted by molar-refractivity contribution is 5.68. The Morgan fingerprint density at radius 1 is 1.06 bits per heavy atom. The van der Waals surface area contributed by atoms with Crippen molar-refractivity contribution >= 4 is 23.5 Å². The van der Waals surface area contributed by atoms with Gasteiger partial charge in [-0.25, -0.2) is 0 Å². The highest BCUT2D eigenvalue weighted by Gasteiger charge is 2.18. The number of nitrogens with zero attached hydrogens (tertiary/aromatic N) is 3. The number of hydrogen-bond acceptors (Lipinski definition) is 8. The maximum atomic E-state index is 5.49. The molecular formula is C10H10N6O2. The average molecular weight is 246 g/mol. The minimum atomic E-state index is 0.0507. The predicted molar refractivity (Wildman–Crippen MR) is 64.5 cm³/mol. The molecule has 0 saturated heterocycles. The lowest BCUT2D eigenvalue weighted by Gasteiger charge is -2.08. The highest BCUT2D eigenvalue weighted by Crippen LogP contribution is 2.39. The van der Waals surface area contributed by atoms with Crippen LogP contribution < -0.4 is 26.3 Å². The van der Waals surface area contributed by atoms with Crippen LogP contribution in [0, 0.1) is 0 Å². The third-order valence-corrected chi connectivity index (χ3v) is 2.31. The van der Waals surface area contributed by atoms with Gasteiger partial charge in [0.25, 0.3) is 0 Å². The van der Waals surface area contributed by atoms with E-state index in [4.69, 9.17) is 20.9 Å². The predicted octanol–water partition coefficient (Wildman–Crippen LogP) is 0.508. The molecule has 2 aromatic rings. The SMILES string of the molecule is Nc1nc(N)nc(Nc2cccc3c2OCO3)n1.